The maximum atomic E-state index is 13.2. The molecule has 1 aliphatic rings. The lowest BCUT2D eigenvalue weighted by molar-refractivity contribution is -0.141. The second kappa shape index (κ2) is 9.06. The summed E-state index contributed by atoms with van der Waals surface area (Å²) in [6.45, 7) is 6.61. The van der Waals surface area contributed by atoms with Crippen molar-refractivity contribution in [3.8, 4) is 5.75 Å². The monoisotopic (exact) mass is 398 g/mol. The van der Waals surface area contributed by atoms with Crippen molar-refractivity contribution in [2.75, 3.05) is 26.7 Å². The molecule has 0 radical (unpaired) electrons. The summed E-state index contributed by atoms with van der Waals surface area (Å²) >= 11 is 1.74. The molecule has 1 aromatic heterocycles. The highest BCUT2D eigenvalue weighted by molar-refractivity contribution is 7.10. The molecule has 28 heavy (non-hydrogen) atoms. The quantitative estimate of drug-likeness (QED) is 0.669. The van der Waals surface area contributed by atoms with Crippen LogP contribution in [0.2, 0.25) is 0 Å². The number of amides is 2. The van der Waals surface area contributed by atoms with Gasteiger partial charge in [-0.25, -0.2) is 0 Å². The Balaban J connectivity index is 1.90. The number of carbonyl (C=O) groups excluding carboxylic acids is 2. The molecule has 2 aromatic rings. The van der Waals surface area contributed by atoms with Crippen molar-refractivity contribution in [1.29, 1.82) is 0 Å². The topological polar surface area (TPSA) is 49.9 Å². The van der Waals surface area contributed by atoms with Gasteiger partial charge in [0.05, 0.1) is 13.2 Å². The Labute approximate surface area is 170 Å². The van der Waals surface area contributed by atoms with Crippen molar-refractivity contribution in [2.45, 2.75) is 25.8 Å². The summed E-state index contributed by atoms with van der Waals surface area (Å²) in [5.74, 6) is 0.706. The van der Waals surface area contributed by atoms with Crippen LogP contribution in [0.4, 0.5) is 0 Å². The average molecular weight is 399 g/mol. The van der Waals surface area contributed by atoms with Gasteiger partial charge in [-0.1, -0.05) is 25.1 Å². The largest absolute Gasteiger partial charge is 0.497 e. The fourth-order valence-corrected chi connectivity index (χ4v) is 4.52. The minimum absolute atomic E-state index is 0.0394. The fourth-order valence-electron chi connectivity index (χ4n) is 3.62. The first-order valence-electron chi connectivity index (χ1n) is 9.47. The van der Waals surface area contributed by atoms with Gasteiger partial charge in [-0.05, 0) is 41.1 Å². The number of thiophene rings is 1. The number of hydrogen-bond acceptors (Lipinski definition) is 4. The van der Waals surface area contributed by atoms with Crippen LogP contribution in [0.25, 0.3) is 0 Å². The Hall–Kier alpha value is -2.60. The van der Waals surface area contributed by atoms with Crippen LogP contribution in [-0.2, 0) is 16.0 Å². The Morgan fingerprint density at radius 1 is 1.32 bits per heavy atom. The zero-order chi connectivity index (χ0) is 20.1. The lowest BCUT2D eigenvalue weighted by Crippen LogP contribution is -2.46. The van der Waals surface area contributed by atoms with Gasteiger partial charge in [0.15, 0.2) is 0 Å². The zero-order valence-electron chi connectivity index (χ0n) is 16.4. The molecule has 0 fully saturated rings. The molecule has 5 nitrogen and oxygen atoms in total. The summed E-state index contributed by atoms with van der Waals surface area (Å²) in [5.41, 5.74) is 2.22. The van der Waals surface area contributed by atoms with E-state index in [1.165, 1.54) is 10.4 Å². The van der Waals surface area contributed by atoms with Gasteiger partial charge in [0, 0.05) is 24.4 Å². The van der Waals surface area contributed by atoms with Crippen molar-refractivity contribution in [1.82, 2.24) is 9.80 Å². The summed E-state index contributed by atoms with van der Waals surface area (Å²) in [5, 5.41) is 2.08. The van der Waals surface area contributed by atoms with Gasteiger partial charge in [-0.3, -0.25) is 9.59 Å². The number of hydrogen-bond donors (Lipinski definition) is 0. The van der Waals surface area contributed by atoms with Crippen molar-refractivity contribution in [3.63, 3.8) is 0 Å². The van der Waals surface area contributed by atoms with Gasteiger partial charge in [0.25, 0.3) is 0 Å². The number of methoxy groups -OCH3 is 1. The standard InChI is InChI=1S/C22H26N2O3S/c1-4-12-23(20(25)5-2)15-21(26)24-13-10-19-18(11-14-28-19)22(24)16-6-8-17(27-3)9-7-16/h4,6-9,11,14,22H,1,5,10,12-13,15H2,2-3H3/t22-/m1/s1. The predicted octanol–water partition coefficient (Wildman–Crippen LogP) is 3.66. The Bertz CT molecular complexity index is 844. The lowest BCUT2D eigenvalue weighted by atomic mass is 9.93. The number of benzene rings is 1. The third kappa shape index (κ3) is 4.12. The Kier molecular flexibility index (Phi) is 6.52. The van der Waals surface area contributed by atoms with E-state index in [0.29, 0.717) is 19.5 Å². The number of carbonyl (C=O) groups is 2. The molecule has 6 heteroatoms. The highest BCUT2D eigenvalue weighted by atomic mass is 32.1. The predicted molar refractivity (Wildman–Crippen MR) is 112 cm³/mol. The van der Waals surface area contributed by atoms with Gasteiger partial charge in [-0.15, -0.1) is 17.9 Å². The molecule has 0 aliphatic carbocycles. The molecule has 148 valence electrons. The summed E-state index contributed by atoms with van der Waals surface area (Å²) in [4.78, 5) is 30.2. The maximum Gasteiger partial charge on any atom is 0.243 e. The number of ether oxygens (including phenoxy) is 1. The van der Waals surface area contributed by atoms with Crippen LogP contribution in [0.3, 0.4) is 0 Å². The second-order valence-corrected chi connectivity index (χ2v) is 7.73. The van der Waals surface area contributed by atoms with Crippen LogP contribution in [0.15, 0.2) is 48.4 Å². The van der Waals surface area contributed by atoms with Crippen LogP contribution in [-0.4, -0.2) is 48.4 Å². The highest BCUT2D eigenvalue weighted by Crippen LogP contribution is 2.38. The lowest BCUT2D eigenvalue weighted by Gasteiger charge is -2.37. The summed E-state index contributed by atoms with van der Waals surface area (Å²) in [6.07, 6.45) is 2.88. The number of nitrogens with zero attached hydrogens (tertiary/aromatic N) is 2. The van der Waals surface area contributed by atoms with Gasteiger partial charge >= 0.3 is 0 Å². The minimum Gasteiger partial charge on any atom is -0.497 e. The summed E-state index contributed by atoms with van der Waals surface area (Å²) in [7, 11) is 1.64. The molecule has 2 amide bonds. The molecule has 1 aliphatic heterocycles. The smallest absolute Gasteiger partial charge is 0.243 e. The maximum absolute atomic E-state index is 13.2. The van der Waals surface area contributed by atoms with E-state index >= 15 is 0 Å². The van der Waals surface area contributed by atoms with Crippen molar-refractivity contribution in [2.24, 2.45) is 0 Å². The molecule has 0 saturated heterocycles. The molecule has 1 aromatic carbocycles. The minimum atomic E-state index is -0.143. The Morgan fingerprint density at radius 3 is 2.71 bits per heavy atom. The number of fused-ring (bicyclic) bond motifs is 1. The van der Waals surface area contributed by atoms with Crippen molar-refractivity contribution >= 4 is 23.2 Å². The van der Waals surface area contributed by atoms with Crippen LogP contribution in [0.5, 0.6) is 5.75 Å². The van der Waals surface area contributed by atoms with Crippen LogP contribution in [0.1, 0.15) is 35.4 Å². The third-order valence-corrected chi connectivity index (χ3v) is 6.05. The van der Waals surface area contributed by atoms with E-state index in [-0.39, 0.29) is 24.4 Å². The zero-order valence-corrected chi connectivity index (χ0v) is 17.2. The first-order chi connectivity index (χ1) is 13.6. The second-order valence-electron chi connectivity index (χ2n) is 6.73. The molecule has 0 spiro atoms. The van der Waals surface area contributed by atoms with E-state index in [4.69, 9.17) is 4.74 Å². The molecular weight excluding hydrogens is 372 g/mol. The van der Waals surface area contributed by atoms with E-state index in [1.807, 2.05) is 36.1 Å². The molecule has 0 bridgehead atoms. The fraction of sp³-hybridized carbons (Fsp3) is 0.364. The van der Waals surface area contributed by atoms with E-state index in [9.17, 15) is 9.59 Å². The normalized spacial score (nSPS) is 15.6. The van der Waals surface area contributed by atoms with Gasteiger partial charge in [-0.2, -0.15) is 0 Å². The van der Waals surface area contributed by atoms with Gasteiger partial charge in [0.1, 0.15) is 12.3 Å². The van der Waals surface area contributed by atoms with E-state index in [1.54, 1.807) is 29.4 Å². The Morgan fingerprint density at radius 2 is 2.07 bits per heavy atom. The molecule has 0 saturated carbocycles. The number of rotatable bonds is 7. The highest BCUT2D eigenvalue weighted by Gasteiger charge is 2.33. The molecule has 1 atom stereocenters. The third-order valence-electron chi connectivity index (χ3n) is 5.05. The van der Waals surface area contributed by atoms with Gasteiger partial charge < -0.3 is 14.5 Å². The first kappa shape index (κ1) is 20.1. The van der Waals surface area contributed by atoms with E-state index < -0.39 is 0 Å². The molecule has 0 unspecified atom stereocenters. The summed E-state index contributed by atoms with van der Waals surface area (Å²) < 4.78 is 5.27. The SMILES string of the molecule is C=CCN(CC(=O)N1CCc2sccc2[C@H]1c1ccc(OC)cc1)C(=O)CC. The molecule has 3 rings (SSSR count). The molecular formula is C22H26N2O3S. The van der Waals surface area contributed by atoms with Crippen LogP contribution in [0, 0.1) is 0 Å². The first-order valence-corrected chi connectivity index (χ1v) is 10.3. The van der Waals surface area contributed by atoms with Crippen LogP contribution >= 0.6 is 11.3 Å². The van der Waals surface area contributed by atoms with Crippen molar-refractivity contribution in [3.05, 3.63) is 64.4 Å². The van der Waals surface area contributed by atoms with E-state index in [0.717, 1.165) is 17.7 Å². The summed E-state index contributed by atoms with van der Waals surface area (Å²) in [6, 6.07) is 9.82. The average Bonchev–Trinajstić information content (AvgIpc) is 3.21. The van der Waals surface area contributed by atoms with Crippen molar-refractivity contribution < 1.29 is 14.3 Å². The van der Waals surface area contributed by atoms with E-state index in [2.05, 4.69) is 18.0 Å². The van der Waals surface area contributed by atoms with Crippen LogP contribution < -0.4 is 4.74 Å². The molecule has 0 N–H and O–H groups in total. The molecule has 2 heterocycles. The van der Waals surface area contributed by atoms with Gasteiger partial charge in [0.2, 0.25) is 11.8 Å².